The molecule has 0 aliphatic carbocycles. The molecule has 2 atom stereocenters. The summed E-state index contributed by atoms with van der Waals surface area (Å²) in [7, 11) is 0. The Morgan fingerprint density at radius 2 is 1.68 bits per heavy atom. The third kappa shape index (κ3) is 6.69. The average molecular weight is 669 g/mol. The fourth-order valence-corrected chi connectivity index (χ4v) is 6.04. The lowest BCUT2D eigenvalue weighted by Crippen LogP contribution is -2.51. The number of carbonyl (C=O) groups excluding carboxylic acids is 1. The van der Waals surface area contributed by atoms with Gasteiger partial charge < -0.3 is 25.8 Å². The van der Waals surface area contributed by atoms with E-state index in [2.05, 4.69) is 20.1 Å². The molecule has 244 valence electrons. The van der Waals surface area contributed by atoms with Gasteiger partial charge >= 0.3 is 18.1 Å². The van der Waals surface area contributed by atoms with E-state index in [1.807, 2.05) is 55.5 Å². The number of fused-ring (bicyclic) bond motifs is 3. The number of nitrogens with one attached hydrogen (secondary N) is 1. The molecular formula is C32H28ClF3N6O5. The summed E-state index contributed by atoms with van der Waals surface area (Å²) in [6.07, 6.45) is -0.890. The maximum atomic E-state index is 13.8. The van der Waals surface area contributed by atoms with Gasteiger partial charge in [-0.15, -0.1) is 10.2 Å². The Kier molecular flexibility index (Phi) is 9.09. The molecule has 3 heterocycles. The summed E-state index contributed by atoms with van der Waals surface area (Å²) in [6.45, 7) is 2.37. The highest BCUT2D eigenvalue weighted by molar-refractivity contribution is 6.34. The van der Waals surface area contributed by atoms with E-state index >= 15 is 0 Å². The second-order valence-electron chi connectivity index (χ2n) is 11.0. The summed E-state index contributed by atoms with van der Waals surface area (Å²) in [6, 6.07) is 19.9. The Balaban J connectivity index is 0.000000559. The minimum atomic E-state index is -5.08. The summed E-state index contributed by atoms with van der Waals surface area (Å²) in [4.78, 5) is 34.7. The first-order valence-corrected chi connectivity index (χ1v) is 14.5. The van der Waals surface area contributed by atoms with Crippen molar-refractivity contribution in [2.75, 3.05) is 0 Å². The Hall–Kier alpha value is -5.21. The SMILES string of the molecule is Cc1ccc2c(c1)c(C(N)C(=O)O)c1n2C[C@@](NC(=O)c2ccc(-n3cnnc3)cc2Cl)(c2ccccc2)CC1.O=C(O)C(F)(F)F. The zero-order chi connectivity index (χ0) is 34.1. The number of rotatable bonds is 6. The number of aliphatic carboxylic acids is 2. The quantitative estimate of drug-likeness (QED) is 0.192. The van der Waals surface area contributed by atoms with E-state index in [1.54, 1.807) is 35.4 Å². The topological polar surface area (TPSA) is 165 Å². The molecule has 1 aliphatic rings. The third-order valence-corrected chi connectivity index (χ3v) is 8.31. The van der Waals surface area contributed by atoms with Crippen molar-refractivity contribution in [2.45, 2.75) is 44.1 Å². The Morgan fingerprint density at radius 3 is 2.28 bits per heavy atom. The van der Waals surface area contributed by atoms with Crippen LogP contribution in [0.3, 0.4) is 0 Å². The predicted molar refractivity (Wildman–Crippen MR) is 165 cm³/mol. The van der Waals surface area contributed by atoms with E-state index in [0.717, 1.165) is 33.4 Å². The Labute approximate surface area is 270 Å². The normalized spacial score (nSPS) is 16.5. The van der Waals surface area contributed by atoms with Crippen LogP contribution in [0.2, 0.25) is 5.02 Å². The zero-order valence-electron chi connectivity index (χ0n) is 24.7. The number of alkyl halides is 3. The molecule has 3 aromatic carbocycles. The number of nitrogens with zero attached hydrogens (tertiary/aromatic N) is 4. The van der Waals surface area contributed by atoms with Gasteiger partial charge in [0.2, 0.25) is 0 Å². The van der Waals surface area contributed by atoms with Crippen molar-refractivity contribution in [3.8, 4) is 5.69 Å². The number of carbonyl (C=O) groups is 3. The number of nitrogens with two attached hydrogens (primary N) is 1. The smallest absolute Gasteiger partial charge is 0.480 e. The van der Waals surface area contributed by atoms with Gasteiger partial charge in [0.25, 0.3) is 5.91 Å². The summed E-state index contributed by atoms with van der Waals surface area (Å²) in [5.41, 5.74) is 10.9. The molecule has 0 saturated carbocycles. The number of hydrogen-bond donors (Lipinski definition) is 4. The number of carboxylic acid groups (broad SMARTS) is 2. The summed E-state index contributed by atoms with van der Waals surface area (Å²) in [5.74, 6) is -4.13. The molecule has 0 bridgehead atoms. The van der Waals surface area contributed by atoms with Crippen molar-refractivity contribution in [2.24, 2.45) is 5.73 Å². The minimum absolute atomic E-state index is 0.303. The molecule has 1 amide bonds. The Bertz CT molecular complexity index is 1960. The molecule has 47 heavy (non-hydrogen) atoms. The highest BCUT2D eigenvalue weighted by Gasteiger charge is 2.41. The molecule has 5 N–H and O–H groups in total. The number of aromatic nitrogens is 4. The van der Waals surface area contributed by atoms with Gasteiger partial charge in [-0.05, 0) is 55.7 Å². The Morgan fingerprint density at radius 1 is 1.02 bits per heavy atom. The predicted octanol–water partition coefficient (Wildman–Crippen LogP) is 5.17. The van der Waals surface area contributed by atoms with Crippen molar-refractivity contribution >= 4 is 40.3 Å². The monoisotopic (exact) mass is 668 g/mol. The second-order valence-corrected chi connectivity index (χ2v) is 11.4. The highest BCUT2D eigenvalue weighted by atomic mass is 35.5. The lowest BCUT2D eigenvalue weighted by molar-refractivity contribution is -0.192. The number of hydrogen-bond acceptors (Lipinski definition) is 6. The minimum Gasteiger partial charge on any atom is -0.480 e. The maximum Gasteiger partial charge on any atom is 0.490 e. The first-order valence-electron chi connectivity index (χ1n) is 14.1. The van der Waals surface area contributed by atoms with E-state index in [4.69, 9.17) is 27.2 Å². The van der Waals surface area contributed by atoms with E-state index in [9.17, 15) is 27.9 Å². The molecule has 6 rings (SSSR count). The fourth-order valence-electron chi connectivity index (χ4n) is 5.78. The molecule has 11 nitrogen and oxygen atoms in total. The van der Waals surface area contributed by atoms with Gasteiger partial charge in [-0.3, -0.25) is 14.2 Å². The van der Waals surface area contributed by atoms with Crippen molar-refractivity contribution in [1.29, 1.82) is 0 Å². The van der Waals surface area contributed by atoms with Crippen LogP contribution >= 0.6 is 11.6 Å². The van der Waals surface area contributed by atoms with Crippen LogP contribution in [0.15, 0.2) is 79.4 Å². The maximum absolute atomic E-state index is 13.8. The number of carboxylic acids is 2. The average Bonchev–Trinajstić information content (AvgIpc) is 3.67. The molecular weight excluding hydrogens is 641 g/mol. The second kappa shape index (κ2) is 12.9. The number of benzene rings is 3. The van der Waals surface area contributed by atoms with Gasteiger partial charge in [0.1, 0.15) is 18.7 Å². The molecule has 1 aliphatic heterocycles. The third-order valence-electron chi connectivity index (χ3n) is 8.00. The van der Waals surface area contributed by atoms with Gasteiger partial charge in [-0.25, -0.2) is 4.79 Å². The molecule has 1 unspecified atom stereocenters. The van der Waals surface area contributed by atoms with Crippen LogP contribution in [-0.2, 0) is 28.1 Å². The first-order chi connectivity index (χ1) is 22.2. The molecule has 0 fully saturated rings. The lowest BCUT2D eigenvalue weighted by atomic mass is 9.81. The standard InChI is InChI=1S/C30H27ClN6O3.C2HF3O2/c1-18-7-10-24-22(13-18)26(27(32)29(39)40)25-11-12-30(15-37(24)25,19-5-3-2-4-6-19)35-28(38)21-9-8-20(14-23(21)31)36-16-33-34-17-36;3-2(4,5)1(6)7/h2-10,13-14,16-17,27H,11-12,15,32H2,1H3,(H,35,38)(H,39,40);(H,6,7)/t27?,30-;/m1./s1. The summed E-state index contributed by atoms with van der Waals surface area (Å²) in [5, 5.41) is 29.0. The van der Waals surface area contributed by atoms with E-state index < -0.39 is 29.7 Å². The van der Waals surface area contributed by atoms with E-state index in [-0.39, 0.29) is 5.91 Å². The van der Waals surface area contributed by atoms with Crippen molar-refractivity contribution < 1.29 is 37.8 Å². The van der Waals surface area contributed by atoms with Crippen molar-refractivity contribution in [3.63, 3.8) is 0 Å². The van der Waals surface area contributed by atoms with Crippen LogP contribution in [0.1, 0.15) is 45.2 Å². The number of amides is 1. The van der Waals surface area contributed by atoms with Crippen LogP contribution in [0, 0.1) is 6.92 Å². The first kappa shape index (κ1) is 33.2. The fraction of sp³-hybridized carbons (Fsp3) is 0.219. The van der Waals surface area contributed by atoms with Crippen LogP contribution in [0.5, 0.6) is 0 Å². The van der Waals surface area contributed by atoms with Crippen LogP contribution in [-0.4, -0.2) is 53.6 Å². The highest BCUT2D eigenvalue weighted by Crippen LogP contribution is 2.41. The number of halogens is 4. The zero-order valence-corrected chi connectivity index (χ0v) is 25.5. The molecule has 0 spiro atoms. The molecule has 0 saturated heterocycles. The van der Waals surface area contributed by atoms with E-state index in [1.165, 1.54) is 0 Å². The lowest BCUT2D eigenvalue weighted by Gasteiger charge is -2.40. The number of aryl methyl sites for hydroxylation is 1. The summed E-state index contributed by atoms with van der Waals surface area (Å²) >= 11 is 6.60. The largest absolute Gasteiger partial charge is 0.490 e. The van der Waals surface area contributed by atoms with Crippen LogP contribution in [0.25, 0.3) is 16.6 Å². The van der Waals surface area contributed by atoms with Gasteiger partial charge in [0.15, 0.2) is 0 Å². The molecule has 15 heteroatoms. The van der Waals surface area contributed by atoms with Crippen molar-refractivity contribution in [1.82, 2.24) is 24.6 Å². The molecule has 0 radical (unpaired) electrons. The van der Waals surface area contributed by atoms with Crippen LogP contribution < -0.4 is 11.1 Å². The van der Waals surface area contributed by atoms with Crippen LogP contribution in [0.4, 0.5) is 13.2 Å². The van der Waals surface area contributed by atoms with Gasteiger partial charge in [-0.1, -0.05) is 53.6 Å². The molecule has 5 aromatic rings. The molecule has 2 aromatic heterocycles. The van der Waals surface area contributed by atoms with Crippen molar-refractivity contribution in [3.05, 3.63) is 112 Å². The van der Waals surface area contributed by atoms with Gasteiger partial charge in [-0.2, -0.15) is 13.2 Å². The van der Waals surface area contributed by atoms with E-state index in [0.29, 0.717) is 35.5 Å². The summed E-state index contributed by atoms with van der Waals surface area (Å²) < 4.78 is 35.6. The van der Waals surface area contributed by atoms with Gasteiger partial charge in [0.05, 0.1) is 22.7 Å². The van der Waals surface area contributed by atoms with Gasteiger partial charge in [0, 0.05) is 27.8 Å².